The molecule has 0 amide bonds. The highest BCUT2D eigenvalue weighted by atomic mass is 19.4. The van der Waals surface area contributed by atoms with Crippen molar-refractivity contribution in [1.82, 2.24) is 19.4 Å². The van der Waals surface area contributed by atoms with Crippen molar-refractivity contribution in [1.29, 1.82) is 0 Å². The van der Waals surface area contributed by atoms with Crippen molar-refractivity contribution in [3.05, 3.63) is 88.3 Å². The molecule has 1 fully saturated rings. The van der Waals surface area contributed by atoms with Crippen molar-refractivity contribution >= 4 is 28.4 Å². The fraction of sp³-hybridized carbons (Fsp3) is 0.296. The molecule has 2 aromatic carbocycles. The van der Waals surface area contributed by atoms with Gasteiger partial charge in [0.2, 0.25) is 5.95 Å². The zero-order valence-electron chi connectivity index (χ0n) is 20.5. The molecule has 1 saturated heterocycles. The predicted molar refractivity (Wildman–Crippen MR) is 138 cm³/mol. The van der Waals surface area contributed by atoms with Crippen LogP contribution < -0.4 is 15.8 Å². The molecule has 5 rings (SSSR count). The predicted octanol–water partition coefficient (Wildman–Crippen LogP) is 4.92. The number of nitrogens with one attached hydrogen (secondary N) is 1. The number of piperazine rings is 1. The molecule has 0 saturated carbocycles. The maximum atomic E-state index is 13.7. The number of likely N-dealkylation sites (N-methyl/N-ethyl adjacent to an activating group) is 1. The maximum Gasteiger partial charge on any atom is 0.416 e. The van der Waals surface area contributed by atoms with Crippen LogP contribution in [0, 0.1) is 0 Å². The number of hydrogen-bond donors (Lipinski definition) is 1. The van der Waals surface area contributed by atoms with Crippen LogP contribution >= 0.6 is 0 Å². The zero-order valence-corrected chi connectivity index (χ0v) is 20.5. The Morgan fingerprint density at radius 3 is 2.35 bits per heavy atom. The van der Waals surface area contributed by atoms with Gasteiger partial charge in [-0.2, -0.15) is 18.2 Å². The molecule has 0 radical (unpaired) electrons. The minimum atomic E-state index is -4.54. The number of nitrogens with zero attached hydrogens (tertiary/aromatic N) is 5. The molecular formula is C27H27F3N6O. The van der Waals surface area contributed by atoms with Gasteiger partial charge in [-0.1, -0.05) is 18.2 Å². The SMILES string of the molecule is CC(c1ccccc1C(F)(F)F)n1c(=O)ccc2cnc(Nc3ccc(N4CCN(C)CC4)cc3)nc21. The lowest BCUT2D eigenvalue weighted by molar-refractivity contribution is -0.138. The average molecular weight is 509 g/mol. The molecule has 1 atom stereocenters. The topological polar surface area (TPSA) is 66.3 Å². The van der Waals surface area contributed by atoms with Crippen molar-refractivity contribution in [2.75, 3.05) is 43.4 Å². The lowest BCUT2D eigenvalue weighted by atomic mass is 10.0. The van der Waals surface area contributed by atoms with Gasteiger partial charge in [0.25, 0.3) is 5.56 Å². The van der Waals surface area contributed by atoms with Gasteiger partial charge >= 0.3 is 6.18 Å². The van der Waals surface area contributed by atoms with Crippen molar-refractivity contribution in [2.45, 2.75) is 19.1 Å². The Morgan fingerprint density at radius 1 is 0.946 bits per heavy atom. The molecule has 0 aliphatic carbocycles. The summed E-state index contributed by atoms with van der Waals surface area (Å²) in [7, 11) is 2.11. The molecule has 10 heteroatoms. The molecule has 3 heterocycles. The van der Waals surface area contributed by atoms with E-state index in [2.05, 4.69) is 32.1 Å². The fourth-order valence-electron chi connectivity index (χ4n) is 4.68. The summed E-state index contributed by atoms with van der Waals surface area (Å²) < 4.78 is 42.3. The Bertz CT molecular complexity index is 1460. The number of aromatic nitrogens is 3. The van der Waals surface area contributed by atoms with Gasteiger partial charge < -0.3 is 15.1 Å². The summed E-state index contributed by atoms with van der Waals surface area (Å²) in [6, 6.07) is 15.2. The molecule has 1 aliphatic rings. The highest BCUT2D eigenvalue weighted by molar-refractivity contribution is 5.76. The summed E-state index contributed by atoms with van der Waals surface area (Å²) in [5, 5.41) is 3.70. The van der Waals surface area contributed by atoms with Gasteiger partial charge in [-0.3, -0.25) is 9.36 Å². The van der Waals surface area contributed by atoms with E-state index in [1.165, 1.54) is 28.8 Å². The van der Waals surface area contributed by atoms with Gasteiger partial charge in [0.15, 0.2) is 0 Å². The monoisotopic (exact) mass is 508 g/mol. The number of alkyl halides is 3. The van der Waals surface area contributed by atoms with Crippen molar-refractivity contribution in [2.24, 2.45) is 0 Å². The first-order chi connectivity index (χ1) is 17.7. The third-order valence-corrected chi connectivity index (χ3v) is 6.76. The van der Waals surface area contributed by atoms with Crippen molar-refractivity contribution < 1.29 is 13.2 Å². The Morgan fingerprint density at radius 2 is 1.65 bits per heavy atom. The van der Waals surface area contributed by atoms with E-state index in [1.54, 1.807) is 19.2 Å². The fourth-order valence-corrected chi connectivity index (χ4v) is 4.68. The van der Waals surface area contributed by atoms with Crippen molar-refractivity contribution in [3.63, 3.8) is 0 Å². The Labute approximate surface area is 212 Å². The molecule has 1 N–H and O–H groups in total. The number of anilines is 3. The number of fused-ring (bicyclic) bond motifs is 1. The second-order valence-corrected chi connectivity index (χ2v) is 9.24. The van der Waals surface area contributed by atoms with Crippen LogP contribution in [0.15, 0.2) is 71.7 Å². The van der Waals surface area contributed by atoms with E-state index in [4.69, 9.17) is 0 Å². The van der Waals surface area contributed by atoms with Crippen LogP contribution in [0.4, 0.5) is 30.5 Å². The second-order valence-electron chi connectivity index (χ2n) is 9.24. The minimum Gasteiger partial charge on any atom is -0.369 e. The summed E-state index contributed by atoms with van der Waals surface area (Å²) in [4.78, 5) is 26.4. The standard InChI is InChI=1S/C27H27F3N6O/c1-18(22-5-3-4-6-23(22)27(28,29)30)36-24(37)12-7-19-17-31-26(33-25(19)36)32-20-8-10-21(11-9-20)35-15-13-34(2)14-16-35/h3-12,17-18H,13-16H2,1-2H3,(H,31,32,33). The van der Waals surface area contributed by atoms with Crippen LogP contribution in [-0.4, -0.2) is 52.7 Å². The number of halogens is 3. The Hall–Kier alpha value is -3.92. The van der Waals surface area contributed by atoms with E-state index in [0.717, 1.165) is 43.6 Å². The molecule has 1 aliphatic heterocycles. The first-order valence-corrected chi connectivity index (χ1v) is 12.1. The third-order valence-electron chi connectivity index (χ3n) is 6.76. The van der Waals surface area contributed by atoms with Crippen LogP contribution in [0.3, 0.4) is 0 Å². The summed E-state index contributed by atoms with van der Waals surface area (Å²) in [5.74, 6) is 0.246. The smallest absolute Gasteiger partial charge is 0.369 e. The number of pyridine rings is 1. The third kappa shape index (κ3) is 5.15. The van der Waals surface area contributed by atoms with Crippen LogP contribution in [0.25, 0.3) is 11.0 Å². The summed E-state index contributed by atoms with van der Waals surface area (Å²) >= 11 is 0. The molecule has 37 heavy (non-hydrogen) atoms. The summed E-state index contributed by atoms with van der Waals surface area (Å²) in [5.41, 5.74) is 0.916. The first kappa shape index (κ1) is 24.8. The highest BCUT2D eigenvalue weighted by Crippen LogP contribution is 2.36. The highest BCUT2D eigenvalue weighted by Gasteiger charge is 2.35. The van der Waals surface area contributed by atoms with Gasteiger partial charge in [0, 0.05) is 55.2 Å². The normalized spacial score (nSPS) is 15.6. The minimum absolute atomic E-state index is 0.00258. The quantitative estimate of drug-likeness (QED) is 0.413. The molecule has 192 valence electrons. The average Bonchev–Trinajstić information content (AvgIpc) is 2.89. The van der Waals surface area contributed by atoms with Crippen LogP contribution in [0.2, 0.25) is 0 Å². The second kappa shape index (κ2) is 9.85. The van der Waals surface area contributed by atoms with Gasteiger partial charge in [0.05, 0.1) is 11.6 Å². The van der Waals surface area contributed by atoms with Gasteiger partial charge in [0.1, 0.15) is 5.65 Å². The van der Waals surface area contributed by atoms with Crippen LogP contribution in [0.1, 0.15) is 24.1 Å². The molecule has 0 spiro atoms. The lowest BCUT2D eigenvalue weighted by Crippen LogP contribution is -2.44. The van der Waals surface area contributed by atoms with E-state index in [1.807, 2.05) is 24.3 Å². The molecule has 7 nitrogen and oxygen atoms in total. The number of rotatable bonds is 5. The van der Waals surface area contributed by atoms with Gasteiger partial charge in [-0.05, 0) is 55.9 Å². The molecule has 0 bridgehead atoms. The molecule has 1 unspecified atom stereocenters. The Balaban J connectivity index is 1.46. The molecule has 4 aromatic rings. The van der Waals surface area contributed by atoms with E-state index >= 15 is 0 Å². The van der Waals surface area contributed by atoms with Crippen molar-refractivity contribution in [3.8, 4) is 0 Å². The van der Waals surface area contributed by atoms with Crippen LogP contribution in [-0.2, 0) is 6.18 Å². The van der Waals surface area contributed by atoms with Gasteiger partial charge in [-0.15, -0.1) is 0 Å². The largest absolute Gasteiger partial charge is 0.416 e. The Kier molecular flexibility index (Phi) is 6.59. The van der Waals surface area contributed by atoms with E-state index in [9.17, 15) is 18.0 Å². The van der Waals surface area contributed by atoms with E-state index in [0.29, 0.717) is 5.39 Å². The number of hydrogen-bond acceptors (Lipinski definition) is 6. The zero-order chi connectivity index (χ0) is 26.2. The summed E-state index contributed by atoms with van der Waals surface area (Å²) in [6.45, 7) is 5.52. The molecule has 2 aromatic heterocycles. The van der Waals surface area contributed by atoms with E-state index in [-0.39, 0.29) is 17.2 Å². The van der Waals surface area contributed by atoms with E-state index < -0.39 is 23.3 Å². The van der Waals surface area contributed by atoms with Crippen LogP contribution in [0.5, 0.6) is 0 Å². The van der Waals surface area contributed by atoms with Gasteiger partial charge in [-0.25, -0.2) is 4.98 Å². The maximum absolute atomic E-state index is 13.7. The lowest BCUT2D eigenvalue weighted by Gasteiger charge is -2.34. The summed E-state index contributed by atoms with van der Waals surface area (Å²) in [6.07, 6.45) is -2.99. The number of benzene rings is 2. The first-order valence-electron chi connectivity index (χ1n) is 12.1. The molecular weight excluding hydrogens is 481 g/mol.